The lowest BCUT2D eigenvalue weighted by Gasteiger charge is -2.16. The van der Waals surface area contributed by atoms with Gasteiger partial charge in [0.15, 0.2) is 0 Å². The fourth-order valence-electron chi connectivity index (χ4n) is 0.422. The lowest BCUT2D eigenvalue weighted by molar-refractivity contribution is 0.480. The Balaban J connectivity index is 3.11. The maximum Gasteiger partial charge on any atom is 0.230 e. The van der Waals surface area contributed by atoms with Crippen molar-refractivity contribution in [2.45, 2.75) is 20.8 Å². The van der Waals surface area contributed by atoms with Crippen molar-refractivity contribution in [1.82, 2.24) is 0 Å². The van der Waals surface area contributed by atoms with Gasteiger partial charge in [0.05, 0.1) is 0 Å². The molecule has 0 amide bonds. The second kappa shape index (κ2) is 3.90. The fraction of sp³-hybridized carbons (Fsp3) is 1.00. The largest absolute Gasteiger partial charge is 0.230 e. The molecule has 0 saturated carbocycles. The van der Waals surface area contributed by atoms with E-state index in [2.05, 4.69) is 36.5 Å². The maximum atomic E-state index is 3.41. The van der Waals surface area contributed by atoms with Crippen LogP contribution in [0.15, 0.2) is 0 Å². The number of halogens is 1. The fourth-order valence-corrected chi connectivity index (χ4v) is 1.86. The molecule has 0 aromatic rings. The Morgan fingerprint density at radius 1 is 1.50 bits per heavy atom. The highest BCUT2D eigenvalue weighted by molar-refractivity contribution is 9.26. The van der Waals surface area contributed by atoms with Crippen LogP contribution in [0.2, 0.25) is 0 Å². The predicted octanol–water partition coefficient (Wildman–Crippen LogP) is 2.37. The quantitative estimate of drug-likeness (QED) is 0.468. The van der Waals surface area contributed by atoms with Gasteiger partial charge in [0, 0.05) is 0 Å². The molecular weight excluding hydrogens is 182 g/mol. The minimum Gasteiger partial charge on any atom is -0.155 e. The normalized spacial score (nSPS) is 13.0. The van der Waals surface area contributed by atoms with Crippen molar-refractivity contribution in [3.63, 3.8) is 0 Å². The summed E-state index contributed by atoms with van der Waals surface area (Å²) in [5.41, 5.74) is 0.534. The van der Waals surface area contributed by atoms with Crippen molar-refractivity contribution in [1.29, 1.82) is 0 Å². The third-order valence-electron chi connectivity index (χ3n) is 0.750. The van der Waals surface area contributed by atoms with Crippen LogP contribution in [0.4, 0.5) is 0 Å². The van der Waals surface area contributed by atoms with Crippen molar-refractivity contribution < 1.29 is 0 Å². The molecule has 0 aromatic heterocycles. The summed E-state index contributed by atoms with van der Waals surface area (Å²) in [6, 6.07) is 0. The molecule has 0 aliphatic heterocycles. The van der Waals surface area contributed by atoms with Crippen molar-refractivity contribution in [3.8, 4) is 0 Å². The SMILES string of the molecule is CC(C)(C)CPBBr. The minimum atomic E-state index is 0.534. The Bertz CT molecular complexity index is 59.9. The Hall–Kier alpha value is 0.975. The molecule has 0 spiro atoms. The molecule has 1 atom stereocenters. The molecule has 0 N–H and O–H groups in total. The molecule has 0 saturated heterocycles. The zero-order valence-electron chi connectivity index (χ0n) is 5.79. The summed E-state index contributed by atoms with van der Waals surface area (Å²) in [4.78, 5) is 0. The molecule has 0 heterocycles. The van der Waals surface area contributed by atoms with Crippen LogP contribution in [-0.4, -0.2) is 12.0 Å². The number of hydrogen-bond acceptors (Lipinski definition) is 0. The summed E-state index contributed by atoms with van der Waals surface area (Å²) in [7, 11) is 1.08. The summed E-state index contributed by atoms with van der Waals surface area (Å²) >= 11 is 3.41. The van der Waals surface area contributed by atoms with Crippen LogP contribution in [0, 0.1) is 5.41 Å². The van der Waals surface area contributed by atoms with Gasteiger partial charge in [0.25, 0.3) is 0 Å². The lowest BCUT2D eigenvalue weighted by Crippen LogP contribution is -2.07. The van der Waals surface area contributed by atoms with Gasteiger partial charge in [0.2, 0.25) is 5.82 Å². The Morgan fingerprint density at radius 2 is 2.00 bits per heavy atom. The van der Waals surface area contributed by atoms with Gasteiger partial charge in [-0.1, -0.05) is 20.8 Å². The highest BCUT2D eigenvalue weighted by Crippen LogP contribution is 2.24. The van der Waals surface area contributed by atoms with Gasteiger partial charge in [-0.05, 0) is 11.6 Å². The van der Waals surface area contributed by atoms with Gasteiger partial charge in [-0.25, -0.2) is 0 Å². The van der Waals surface area contributed by atoms with Crippen molar-refractivity contribution in [2.24, 2.45) is 5.41 Å². The Morgan fingerprint density at radius 3 is 2.12 bits per heavy atom. The summed E-state index contributed by atoms with van der Waals surface area (Å²) in [5.74, 6) is 1.17. The van der Waals surface area contributed by atoms with E-state index in [1.807, 2.05) is 0 Å². The van der Waals surface area contributed by atoms with E-state index in [9.17, 15) is 0 Å². The van der Waals surface area contributed by atoms with E-state index in [4.69, 9.17) is 0 Å². The van der Waals surface area contributed by atoms with Crippen molar-refractivity contribution in [2.75, 3.05) is 6.16 Å². The van der Waals surface area contributed by atoms with E-state index in [0.717, 1.165) is 8.46 Å². The summed E-state index contributed by atoms with van der Waals surface area (Å²) in [6.07, 6.45) is 1.35. The van der Waals surface area contributed by atoms with E-state index < -0.39 is 0 Å². The average Bonchev–Trinajstić information content (AvgIpc) is 1.59. The van der Waals surface area contributed by atoms with E-state index in [0.29, 0.717) is 5.41 Å². The van der Waals surface area contributed by atoms with Gasteiger partial charge >= 0.3 is 0 Å². The molecule has 0 fully saturated rings. The molecule has 48 valence electrons. The molecule has 0 nitrogen and oxygen atoms in total. The highest BCUT2D eigenvalue weighted by Gasteiger charge is 2.07. The van der Waals surface area contributed by atoms with Gasteiger partial charge in [-0.2, -0.15) is 15.8 Å². The third kappa shape index (κ3) is 6.97. The van der Waals surface area contributed by atoms with Crippen LogP contribution >= 0.6 is 24.2 Å². The van der Waals surface area contributed by atoms with Gasteiger partial charge in [0.1, 0.15) is 0 Å². The lowest BCUT2D eigenvalue weighted by atomic mass is 10.0. The number of hydrogen-bond donors (Lipinski definition) is 0. The highest BCUT2D eigenvalue weighted by atomic mass is 79.9. The second-order valence-corrected chi connectivity index (χ2v) is 5.92. The molecule has 0 radical (unpaired) electrons. The Labute approximate surface area is 62.8 Å². The molecule has 8 heavy (non-hydrogen) atoms. The summed E-state index contributed by atoms with van der Waals surface area (Å²) in [6.45, 7) is 6.84. The minimum absolute atomic E-state index is 0.534. The van der Waals surface area contributed by atoms with Crippen LogP contribution in [-0.2, 0) is 0 Å². The topological polar surface area (TPSA) is 0 Å². The standard InChI is InChI=1S/C5H13BBrP/c1-5(2,3)4-8-6-7/h6,8H,4H2,1-3H3. The zero-order valence-corrected chi connectivity index (χ0v) is 8.38. The smallest absolute Gasteiger partial charge is 0.155 e. The maximum absolute atomic E-state index is 3.41. The first-order valence-electron chi connectivity index (χ1n) is 2.83. The first-order chi connectivity index (χ1) is 3.56. The Kier molecular flexibility index (Phi) is 4.37. The van der Waals surface area contributed by atoms with E-state index >= 15 is 0 Å². The first-order valence-corrected chi connectivity index (χ1v) is 5.36. The van der Waals surface area contributed by atoms with Gasteiger partial charge in [-0.3, -0.25) is 0 Å². The monoisotopic (exact) mass is 194 g/mol. The molecule has 0 bridgehead atoms. The molecule has 0 aliphatic rings. The van der Waals surface area contributed by atoms with Crippen molar-refractivity contribution in [3.05, 3.63) is 0 Å². The van der Waals surface area contributed by atoms with Gasteiger partial charge in [-0.15, -0.1) is 8.46 Å². The molecular formula is C5H13BBrP. The first kappa shape index (κ1) is 8.97. The van der Waals surface area contributed by atoms with E-state index in [1.165, 1.54) is 12.0 Å². The zero-order chi connectivity index (χ0) is 6.62. The summed E-state index contributed by atoms with van der Waals surface area (Å²) < 4.78 is 0. The molecule has 0 aliphatic carbocycles. The molecule has 3 heteroatoms. The third-order valence-corrected chi connectivity index (χ3v) is 3.44. The van der Waals surface area contributed by atoms with Gasteiger partial charge < -0.3 is 0 Å². The van der Waals surface area contributed by atoms with Crippen LogP contribution in [0.25, 0.3) is 0 Å². The number of rotatable bonds is 2. The molecule has 0 aromatic carbocycles. The average molecular weight is 195 g/mol. The van der Waals surface area contributed by atoms with E-state index in [-0.39, 0.29) is 0 Å². The van der Waals surface area contributed by atoms with Crippen LogP contribution < -0.4 is 0 Å². The second-order valence-electron chi connectivity index (χ2n) is 3.12. The predicted molar refractivity (Wildman–Crippen MR) is 48.7 cm³/mol. The van der Waals surface area contributed by atoms with Crippen LogP contribution in [0.5, 0.6) is 0 Å². The summed E-state index contributed by atoms with van der Waals surface area (Å²) in [5, 5.41) is 0. The molecule has 1 unspecified atom stereocenters. The molecule has 0 rings (SSSR count). The van der Waals surface area contributed by atoms with E-state index in [1.54, 1.807) is 0 Å². The van der Waals surface area contributed by atoms with Crippen LogP contribution in [0.1, 0.15) is 20.8 Å². The van der Waals surface area contributed by atoms with Crippen LogP contribution in [0.3, 0.4) is 0 Å². The van der Waals surface area contributed by atoms with Crippen molar-refractivity contribution >= 4 is 30.0 Å².